The van der Waals surface area contributed by atoms with E-state index in [1.807, 2.05) is 6.92 Å². The van der Waals surface area contributed by atoms with Crippen LogP contribution in [0.4, 0.5) is 4.39 Å². The summed E-state index contributed by atoms with van der Waals surface area (Å²) >= 11 is 0. The van der Waals surface area contributed by atoms with Crippen molar-refractivity contribution in [2.45, 2.75) is 38.3 Å². The minimum absolute atomic E-state index is 0.123. The molecule has 0 bridgehead atoms. The number of nitrogens with one attached hydrogen (secondary N) is 1. The second kappa shape index (κ2) is 6.98. The highest BCUT2D eigenvalue weighted by molar-refractivity contribution is 5.96. The van der Waals surface area contributed by atoms with Gasteiger partial charge in [0.1, 0.15) is 11.9 Å². The number of carbonyl (C=O) groups excluding carboxylic acids is 2. The quantitative estimate of drug-likeness (QED) is 0.901. The molecule has 1 N–H and O–H groups in total. The Labute approximate surface area is 139 Å². The summed E-state index contributed by atoms with van der Waals surface area (Å²) in [6.45, 7) is 2.81. The van der Waals surface area contributed by atoms with Crippen LogP contribution in [0.2, 0.25) is 0 Å². The van der Waals surface area contributed by atoms with Crippen molar-refractivity contribution in [3.63, 3.8) is 0 Å². The lowest BCUT2D eigenvalue weighted by Crippen LogP contribution is -2.58. The molecule has 2 atom stereocenters. The molecule has 0 aliphatic carbocycles. The zero-order chi connectivity index (χ0) is 17.1. The summed E-state index contributed by atoms with van der Waals surface area (Å²) in [5, 5.41) is 6.77. The predicted molar refractivity (Wildman–Crippen MR) is 85.8 cm³/mol. The van der Waals surface area contributed by atoms with Crippen molar-refractivity contribution in [3.8, 4) is 0 Å². The van der Waals surface area contributed by atoms with Gasteiger partial charge in [0.15, 0.2) is 0 Å². The SMILES string of the molecule is CC[C@@H]1C(=O)NCCN1C(=O)[C@@H]1CC(Cc2ccc(F)cc2)=NO1. The summed E-state index contributed by atoms with van der Waals surface area (Å²) in [4.78, 5) is 31.4. The fourth-order valence-corrected chi connectivity index (χ4v) is 3.07. The van der Waals surface area contributed by atoms with E-state index in [2.05, 4.69) is 10.5 Å². The van der Waals surface area contributed by atoms with Crippen LogP contribution in [0.15, 0.2) is 29.4 Å². The van der Waals surface area contributed by atoms with Gasteiger partial charge in [-0.1, -0.05) is 24.2 Å². The third-order valence-electron chi connectivity index (χ3n) is 4.33. The van der Waals surface area contributed by atoms with Crippen LogP contribution < -0.4 is 5.32 Å². The van der Waals surface area contributed by atoms with E-state index in [0.29, 0.717) is 32.4 Å². The molecule has 0 aromatic heterocycles. The van der Waals surface area contributed by atoms with Crippen LogP contribution in [-0.4, -0.2) is 47.7 Å². The third kappa shape index (κ3) is 3.39. The van der Waals surface area contributed by atoms with E-state index in [9.17, 15) is 14.0 Å². The van der Waals surface area contributed by atoms with Gasteiger partial charge in [0, 0.05) is 25.9 Å². The Hall–Kier alpha value is -2.44. The summed E-state index contributed by atoms with van der Waals surface area (Å²) in [6, 6.07) is 5.72. The van der Waals surface area contributed by atoms with Gasteiger partial charge in [-0.25, -0.2) is 4.39 Å². The lowest BCUT2D eigenvalue weighted by atomic mass is 10.0. The number of rotatable bonds is 4. The van der Waals surface area contributed by atoms with E-state index in [4.69, 9.17) is 4.84 Å². The first-order chi connectivity index (χ1) is 11.6. The van der Waals surface area contributed by atoms with Crippen LogP contribution >= 0.6 is 0 Å². The lowest BCUT2D eigenvalue weighted by Gasteiger charge is -2.35. The topological polar surface area (TPSA) is 71.0 Å². The van der Waals surface area contributed by atoms with Crippen molar-refractivity contribution in [2.24, 2.45) is 5.16 Å². The smallest absolute Gasteiger partial charge is 0.267 e. The summed E-state index contributed by atoms with van der Waals surface area (Å²) in [7, 11) is 0. The van der Waals surface area contributed by atoms with Crippen molar-refractivity contribution >= 4 is 17.5 Å². The van der Waals surface area contributed by atoms with Crippen LogP contribution in [0.5, 0.6) is 0 Å². The first kappa shape index (κ1) is 16.4. The van der Waals surface area contributed by atoms with E-state index in [1.165, 1.54) is 12.1 Å². The van der Waals surface area contributed by atoms with Gasteiger partial charge in [0.25, 0.3) is 5.91 Å². The maximum Gasteiger partial charge on any atom is 0.267 e. The highest BCUT2D eigenvalue weighted by Gasteiger charge is 2.38. The number of hydrogen-bond acceptors (Lipinski definition) is 4. The first-order valence-corrected chi connectivity index (χ1v) is 8.12. The molecule has 2 amide bonds. The number of amides is 2. The molecule has 0 saturated carbocycles. The Morgan fingerprint density at radius 1 is 1.42 bits per heavy atom. The van der Waals surface area contributed by atoms with Crippen molar-refractivity contribution < 1.29 is 18.8 Å². The molecule has 0 spiro atoms. The number of hydrogen-bond donors (Lipinski definition) is 1. The van der Waals surface area contributed by atoms with Crippen molar-refractivity contribution in [2.75, 3.05) is 13.1 Å². The van der Waals surface area contributed by atoms with Gasteiger partial charge < -0.3 is 15.1 Å². The van der Waals surface area contributed by atoms with Gasteiger partial charge in [-0.05, 0) is 24.1 Å². The molecule has 24 heavy (non-hydrogen) atoms. The second-order valence-corrected chi connectivity index (χ2v) is 6.01. The van der Waals surface area contributed by atoms with Gasteiger partial charge in [-0.2, -0.15) is 0 Å². The third-order valence-corrected chi connectivity index (χ3v) is 4.33. The van der Waals surface area contributed by atoms with Crippen LogP contribution in [-0.2, 0) is 20.8 Å². The predicted octanol–water partition coefficient (Wildman–Crippen LogP) is 1.25. The molecule has 128 valence electrons. The summed E-state index contributed by atoms with van der Waals surface area (Å²) in [6.07, 6.45) is 0.792. The molecule has 2 aliphatic rings. The molecular weight excluding hydrogens is 313 g/mol. The molecule has 2 heterocycles. The van der Waals surface area contributed by atoms with Crippen molar-refractivity contribution in [3.05, 3.63) is 35.6 Å². The molecule has 2 aliphatic heterocycles. The van der Waals surface area contributed by atoms with Gasteiger partial charge in [0.2, 0.25) is 12.0 Å². The number of nitrogens with zero attached hydrogens (tertiary/aromatic N) is 2. The van der Waals surface area contributed by atoms with Gasteiger partial charge >= 0.3 is 0 Å². The summed E-state index contributed by atoms with van der Waals surface area (Å²) < 4.78 is 12.9. The van der Waals surface area contributed by atoms with E-state index >= 15 is 0 Å². The van der Waals surface area contributed by atoms with Crippen LogP contribution in [0, 0.1) is 5.82 Å². The lowest BCUT2D eigenvalue weighted by molar-refractivity contribution is -0.151. The van der Waals surface area contributed by atoms with Gasteiger partial charge in [-0.3, -0.25) is 9.59 Å². The average molecular weight is 333 g/mol. The number of piperazine rings is 1. The van der Waals surface area contributed by atoms with E-state index < -0.39 is 12.1 Å². The first-order valence-electron chi connectivity index (χ1n) is 8.12. The Morgan fingerprint density at radius 3 is 2.88 bits per heavy atom. The minimum atomic E-state index is -0.680. The average Bonchev–Trinajstić information content (AvgIpc) is 3.04. The number of benzene rings is 1. The largest absolute Gasteiger partial charge is 0.382 e. The van der Waals surface area contributed by atoms with E-state index in [-0.39, 0.29) is 17.6 Å². The monoisotopic (exact) mass is 333 g/mol. The van der Waals surface area contributed by atoms with Crippen LogP contribution in [0.25, 0.3) is 0 Å². The number of carbonyl (C=O) groups is 2. The molecule has 7 heteroatoms. The molecule has 1 saturated heterocycles. The molecule has 0 radical (unpaired) electrons. The van der Waals surface area contributed by atoms with Crippen LogP contribution in [0.1, 0.15) is 25.3 Å². The molecule has 1 aromatic rings. The standard InChI is InChI=1S/C17H20FN3O3/c1-2-14-16(22)19-7-8-21(14)17(23)15-10-13(20-24-15)9-11-3-5-12(18)6-4-11/h3-6,14-15H,2,7-10H2,1H3,(H,19,22)/t14-,15+/m1/s1. The maximum absolute atomic E-state index is 12.9. The summed E-state index contributed by atoms with van der Waals surface area (Å²) in [5.41, 5.74) is 1.66. The molecular formula is C17H20FN3O3. The van der Waals surface area contributed by atoms with E-state index in [0.717, 1.165) is 11.3 Å². The Bertz CT molecular complexity index is 660. The minimum Gasteiger partial charge on any atom is -0.382 e. The van der Waals surface area contributed by atoms with Crippen molar-refractivity contribution in [1.82, 2.24) is 10.2 Å². The maximum atomic E-state index is 12.9. The zero-order valence-corrected chi connectivity index (χ0v) is 13.5. The molecule has 1 aromatic carbocycles. The fourth-order valence-electron chi connectivity index (χ4n) is 3.07. The zero-order valence-electron chi connectivity index (χ0n) is 13.5. The fraction of sp³-hybridized carbons (Fsp3) is 0.471. The Kier molecular flexibility index (Phi) is 4.78. The van der Waals surface area contributed by atoms with E-state index in [1.54, 1.807) is 17.0 Å². The Balaban J connectivity index is 1.60. The number of halogens is 1. The molecule has 6 nitrogen and oxygen atoms in total. The van der Waals surface area contributed by atoms with Gasteiger partial charge in [-0.15, -0.1) is 0 Å². The molecule has 0 unspecified atom stereocenters. The highest BCUT2D eigenvalue weighted by atomic mass is 19.1. The Morgan fingerprint density at radius 2 is 2.17 bits per heavy atom. The normalized spacial score (nSPS) is 23.5. The van der Waals surface area contributed by atoms with Crippen molar-refractivity contribution in [1.29, 1.82) is 0 Å². The highest BCUT2D eigenvalue weighted by Crippen LogP contribution is 2.19. The molecule has 3 rings (SSSR count). The van der Waals surface area contributed by atoms with Gasteiger partial charge in [0.05, 0.1) is 5.71 Å². The second-order valence-electron chi connectivity index (χ2n) is 6.01. The molecule has 1 fully saturated rings. The number of oxime groups is 1. The summed E-state index contributed by atoms with van der Waals surface area (Å²) in [5.74, 6) is -0.609. The van der Waals surface area contributed by atoms with Crippen LogP contribution in [0.3, 0.4) is 0 Å².